The van der Waals surface area contributed by atoms with Gasteiger partial charge in [0.25, 0.3) is 5.91 Å². The molecule has 0 atom stereocenters. The smallest absolute Gasteiger partial charge is 0.416 e. The van der Waals surface area contributed by atoms with Crippen LogP contribution in [0.4, 0.5) is 13.2 Å². The third-order valence-electron chi connectivity index (χ3n) is 6.31. The van der Waals surface area contributed by atoms with Crippen molar-refractivity contribution in [2.45, 2.75) is 32.0 Å². The van der Waals surface area contributed by atoms with Gasteiger partial charge < -0.3 is 24.4 Å². The standard InChI is InChI=1S/C27H29F3N4O4/c1-33-23-10-7-20(15-32-38-17-19-5-8-22(9-6-19)27(28,29)30)13-21(23)14-26(33)37-18-24(35)31-16-25(36)34-11-3-2-4-12-34/h5-10,13-15H,2-4,11-12,16-18H2,1H3,(H,31,35)/b32-15+. The fraction of sp³-hybridized carbons (Fsp3) is 0.370. The molecule has 11 heteroatoms. The van der Waals surface area contributed by atoms with Crippen LogP contribution in [0.2, 0.25) is 0 Å². The number of amides is 2. The van der Waals surface area contributed by atoms with E-state index in [4.69, 9.17) is 9.57 Å². The highest BCUT2D eigenvalue weighted by atomic mass is 19.4. The zero-order valence-corrected chi connectivity index (χ0v) is 21.0. The molecular weight excluding hydrogens is 501 g/mol. The van der Waals surface area contributed by atoms with Gasteiger partial charge in [0.15, 0.2) is 12.5 Å². The van der Waals surface area contributed by atoms with E-state index in [9.17, 15) is 22.8 Å². The molecule has 0 unspecified atom stereocenters. The van der Waals surface area contributed by atoms with Gasteiger partial charge in [-0.15, -0.1) is 0 Å². The molecule has 8 nitrogen and oxygen atoms in total. The number of halogens is 3. The Balaban J connectivity index is 1.27. The number of oxime groups is 1. The zero-order chi connectivity index (χ0) is 27.1. The van der Waals surface area contributed by atoms with E-state index in [0.29, 0.717) is 11.4 Å². The van der Waals surface area contributed by atoms with Crippen LogP contribution in [-0.4, -0.2) is 53.7 Å². The highest BCUT2D eigenvalue weighted by molar-refractivity contribution is 5.90. The summed E-state index contributed by atoms with van der Waals surface area (Å²) in [6, 6.07) is 12.1. The first-order valence-electron chi connectivity index (χ1n) is 12.3. The molecular formula is C27H29F3N4O4. The van der Waals surface area contributed by atoms with Crippen LogP contribution >= 0.6 is 0 Å². The number of hydrogen-bond acceptors (Lipinski definition) is 5. The number of ether oxygens (including phenoxy) is 1. The molecule has 1 aliphatic rings. The molecule has 2 aromatic carbocycles. The van der Waals surface area contributed by atoms with Crippen molar-refractivity contribution in [1.29, 1.82) is 0 Å². The first kappa shape index (κ1) is 27.0. The van der Waals surface area contributed by atoms with Crippen molar-refractivity contribution in [2.75, 3.05) is 26.2 Å². The minimum Gasteiger partial charge on any atom is -0.469 e. The van der Waals surface area contributed by atoms with Crippen molar-refractivity contribution >= 4 is 28.9 Å². The van der Waals surface area contributed by atoms with Crippen LogP contribution in [0.3, 0.4) is 0 Å². The summed E-state index contributed by atoms with van der Waals surface area (Å²) >= 11 is 0. The number of piperidine rings is 1. The fourth-order valence-corrected chi connectivity index (χ4v) is 4.18. The first-order chi connectivity index (χ1) is 18.2. The summed E-state index contributed by atoms with van der Waals surface area (Å²) in [6.45, 7) is 1.24. The molecule has 3 aromatic rings. The van der Waals surface area contributed by atoms with Crippen LogP contribution in [0.15, 0.2) is 53.7 Å². The molecule has 202 valence electrons. The number of benzene rings is 2. The molecule has 1 N–H and O–H groups in total. The van der Waals surface area contributed by atoms with E-state index in [0.717, 1.165) is 61.0 Å². The second-order valence-corrected chi connectivity index (χ2v) is 9.07. The average Bonchev–Trinajstić information content (AvgIpc) is 3.23. The molecule has 0 bridgehead atoms. The Labute approximate surface area is 218 Å². The molecule has 1 saturated heterocycles. The number of carbonyl (C=O) groups is 2. The lowest BCUT2D eigenvalue weighted by molar-refractivity contribution is -0.137. The molecule has 2 heterocycles. The lowest BCUT2D eigenvalue weighted by Crippen LogP contribution is -2.43. The topological polar surface area (TPSA) is 85.2 Å². The monoisotopic (exact) mass is 530 g/mol. The molecule has 1 fully saturated rings. The normalized spacial score (nSPS) is 14.2. The molecule has 1 aliphatic heterocycles. The van der Waals surface area contributed by atoms with Gasteiger partial charge in [-0.3, -0.25) is 9.59 Å². The highest BCUT2D eigenvalue weighted by Crippen LogP contribution is 2.29. The number of nitrogens with zero attached hydrogens (tertiary/aromatic N) is 3. The molecule has 0 saturated carbocycles. The Morgan fingerprint density at radius 2 is 1.79 bits per heavy atom. The number of nitrogens with one attached hydrogen (secondary N) is 1. The SMILES string of the molecule is Cn1c(OCC(=O)NCC(=O)N2CCCCC2)cc2cc(/C=N/OCc3ccc(C(F)(F)F)cc3)ccc21. The van der Waals surface area contributed by atoms with E-state index < -0.39 is 11.7 Å². The third-order valence-corrected chi connectivity index (χ3v) is 6.31. The minimum atomic E-state index is -4.38. The van der Waals surface area contributed by atoms with Crippen LogP contribution in [0.1, 0.15) is 36.0 Å². The van der Waals surface area contributed by atoms with Gasteiger partial charge in [-0.25, -0.2) is 0 Å². The predicted molar refractivity (Wildman–Crippen MR) is 136 cm³/mol. The quantitative estimate of drug-likeness (QED) is 0.331. The number of aromatic nitrogens is 1. The number of carbonyl (C=O) groups excluding carboxylic acids is 2. The number of hydrogen-bond donors (Lipinski definition) is 1. The van der Waals surface area contributed by atoms with Crippen molar-refractivity contribution < 1.29 is 32.3 Å². The Kier molecular flexibility index (Phi) is 8.55. The summed E-state index contributed by atoms with van der Waals surface area (Å²) in [5.74, 6) is 0.0315. The van der Waals surface area contributed by atoms with E-state index in [-0.39, 0.29) is 31.6 Å². The van der Waals surface area contributed by atoms with Gasteiger partial charge >= 0.3 is 6.18 Å². The lowest BCUT2D eigenvalue weighted by Gasteiger charge is -2.26. The Morgan fingerprint density at radius 1 is 1.05 bits per heavy atom. The summed E-state index contributed by atoms with van der Waals surface area (Å²) in [7, 11) is 1.82. The largest absolute Gasteiger partial charge is 0.469 e. The van der Waals surface area contributed by atoms with E-state index in [1.165, 1.54) is 18.3 Å². The van der Waals surface area contributed by atoms with Crippen molar-refractivity contribution in [3.8, 4) is 5.88 Å². The predicted octanol–water partition coefficient (Wildman–Crippen LogP) is 4.26. The number of alkyl halides is 3. The van der Waals surface area contributed by atoms with Crippen LogP contribution in [0, 0.1) is 0 Å². The van der Waals surface area contributed by atoms with E-state index in [2.05, 4.69) is 10.5 Å². The van der Waals surface area contributed by atoms with Crippen molar-refractivity contribution in [2.24, 2.45) is 12.2 Å². The fourth-order valence-electron chi connectivity index (χ4n) is 4.18. The van der Waals surface area contributed by atoms with Gasteiger partial charge in [-0.2, -0.15) is 13.2 Å². The van der Waals surface area contributed by atoms with Crippen molar-refractivity contribution in [1.82, 2.24) is 14.8 Å². The van der Waals surface area contributed by atoms with Gasteiger partial charge in [0.1, 0.15) is 6.61 Å². The summed E-state index contributed by atoms with van der Waals surface area (Å²) < 4.78 is 45.4. The van der Waals surface area contributed by atoms with E-state index in [1.54, 1.807) is 11.0 Å². The van der Waals surface area contributed by atoms with Gasteiger partial charge in [-0.1, -0.05) is 23.4 Å². The maximum absolute atomic E-state index is 12.7. The van der Waals surface area contributed by atoms with Crippen molar-refractivity contribution in [3.63, 3.8) is 0 Å². The van der Waals surface area contributed by atoms with Gasteiger partial charge in [0.05, 0.1) is 23.8 Å². The van der Waals surface area contributed by atoms with Gasteiger partial charge in [0.2, 0.25) is 5.91 Å². The Bertz CT molecular complexity index is 1300. The molecule has 0 spiro atoms. The Morgan fingerprint density at radius 3 is 2.50 bits per heavy atom. The second kappa shape index (κ2) is 12.0. The molecule has 0 radical (unpaired) electrons. The molecule has 4 rings (SSSR count). The summed E-state index contributed by atoms with van der Waals surface area (Å²) in [4.78, 5) is 31.4. The van der Waals surface area contributed by atoms with E-state index >= 15 is 0 Å². The van der Waals surface area contributed by atoms with Gasteiger partial charge in [0, 0.05) is 31.6 Å². The number of fused-ring (bicyclic) bond motifs is 1. The van der Waals surface area contributed by atoms with Crippen LogP contribution in [0.25, 0.3) is 10.9 Å². The zero-order valence-electron chi connectivity index (χ0n) is 21.0. The summed E-state index contributed by atoms with van der Waals surface area (Å²) in [6.07, 6.45) is 0.241. The van der Waals surface area contributed by atoms with Crippen LogP contribution in [-0.2, 0) is 34.3 Å². The Hall–Kier alpha value is -4.02. The first-order valence-corrected chi connectivity index (χ1v) is 12.3. The average molecular weight is 531 g/mol. The van der Waals surface area contributed by atoms with Gasteiger partial charge in [-0.05, 0) is 54.7 Å². The maximum atomic E-state index is 12.7. The summed E-state index contributed by atoms with van der Waals surface area (Å²) in [5.41, 5.74) is 1.47. The van der Waals surface area contributed by atoms with Crippen LogP contribution in [0.5, 0.6) is 5.88 Å². The van der Waals surface area contributed by atoms with Crippen molar-refractivity contribution in [3.05, 3.63) is 65.2 Å². The molecule has 1 aromatic heterocycles. The minimum absolute atomic E-state index is 0.0336. The molecule has 38 heavy (non-hydrogen) atoms. The highest BCUT2D eigenvalue weighted by Gasteiger charge is 2.29. The molecule has 2 amide bonds. The third kappa shape index (κ3) is 7.05. The molecule has 0 aliphatic carbocycles. The number of likely N-dealkylation sites (tertiary alicyclic amines) is 1. The number of rotatable bonds is 9. The number of aryl methyl sites for hydroxylation is 1. The lowest BCUT2D eigenvalue weighted by atomic mass is 10.1. The van der Waals surface area contributed by atoms with Crippen LogP contribution < -0.4 is 10.1 Å². The second-order valence-electron chi connectivity index (χ2n) is 9.07. The summed E-state index contributed by atoms with van der Waals surface area (Å²) in [5, 5.41) is 7.38. The maximum Gasteiger partial charge on any atom is 0.416 e. The van der Waals surface area contributed by atoms with E-state index in [1.807, 2.05) is 29.8 Å².